The van der Waals surface area contributed by atoms with Crippen molar-refractivity contribution in [1.82, 2.24) is 15.1 Å². The lowest BCUT2D eigenvalue weighted by Gasteiger charge is -2.26. The molecule has 3 heterocycles. The summed E-state index contributed by atoms with van der Waals surface area (Å²) in [5, 5.41) is 3.04. The van der Waals surface area contributed by atoms with Crippen LogP contribution in [0.2, 0.25) is 0 Å². The predicted molar refractivity (Wildman–Crippen MR) is 135 cm³/mol. The molecule has 0 aromatic heterocycles. The first-order valence-corrected chi connectivity index (χ1v) is 12.9. The van der Waals surface area contributed by atoms with Crippen LogP contribution in [0.15, 0.2) is 48.5 Å². The summed E-state index contributed by atoms with van der Waals surface area (Å²) < 4.78 is 0. The third kappa shape index (κ3) is 5.10. The summed E-state index contributed by atoms with van der Waals surface area (Å²) in [6, 6.07) is 14.4. The molecule has 0 radical (unpaired) electrons. The molecule has 1 atom stereocenters. The van der Waals surface area contributed by atoms with Crippen LogP contribution in [-0.4, -0.2) is 66.3 Å². The highest BCUT2D eigenvalue weighted by molar-refractivity contribution is 6.11. The molecule has 0 unspecified atom stereocenters. The number of rotatable bonds is 7. The maximum atomic E-state index is 13.5. The van der Waals surface area contributed by atoms with E-state index in [1.54, 1.807) is 15.9 Å². The SMILES string of the molecule is O=C(NCCCN1CCCCC1)c1cccc(CN2C(=O)[C@H]3CCCN3C(=O)c3ccccc32)c1. The van der Waals surface area contributed by atoms with Crippen molar-refractivity contribution in [3.8, 4) is 0 Å². The Morgan fingerprint density at radius 1 is 0.943 bits per heavy atom. The number of likely N-dealkylation sites (tertiary alicyclic amines) is 1. The topological polar surface area (TPSA) is 73.0 Å². The molecule has 2 aromatic carbocycles. The maximum absolute atomic E-state index is 13.5. The Kier molecular flexibility index (Phi) is 7.13. The second-order valence-corrected chi connectivity index (χ2v) is 9.81. The Morgan fingerprint density at radius 3 is 2.63 bits per heavy atom. The monoisotopic (exact) mass is 474 g/mol. The third-order valence-corrected chi connectivity index (χ3v) is 7.41. The fourth-order valence-electron chi connectivity index (χ4n) is 5.56. The fraction of sp³-hybridized carbons (Fsp3) is 0.464. The van der Waals surface area contributed by atoms with Gasteiger partial charge in [-0.25, -0.2) is 0 Å². The van der Waals surface area contributed by atoms with E-state index in [2.05, 4.69) is 10.2 Å². The number of para-hydroxylation sites is 1. The molecular weight excluding hydrogens is 440 g/mol. The molecule has 0 aliphatic carbocycles. The molecule has 35 heavy (non-hydrogen) atoms. The van der Waals surface area contributed by atoms with Gasteiger partial charge in [-0.15, -0.1) is 0 Å². The van der Waals surface area contributed by atoms with Crippen molar-refractivity contribution in [3.63, 3.8) is 0 Å². The number of hydrogen-bond donors (Lipinski definition) is 1. The van der Waals surface area contributed by atoms with Crippen molar-refractivity contribution in [1.29, 1.82) is 0 Å². The zero-order valence-corrected chi connectivity index (χ0v) is 20.2. The fourth-order valence-corrected chi connectivity index (χ4v) is 5.56. The summed E-state index contributed by atoms with van der Waals surface area (Å²) in [6.45, 7) is 4.94. The van der Waals surface area contributed by atoms with Gasteiger partial charge in [0.25, 0.3) is 11.8 Å². The third-order valence-electron chi connectivity index (χ3n) is 7.41. The van der Waals surface area contributed by atoms with E-state index in [1.807, 2.05) is 42.5 Å². The zero-order chi connectivity index (χ0) is 24.2. The first-order chi connectivity index (χ1) is 17.1. The van der Waals surface area contributed by atoms with Gasteiger partial charge < -0.3 is 20.0 Å². The van der Waals surface area contributed by atoms with Gasteiger partial charge in [0.15, 0.2) is 0 Å². The highest BCUT2D eigenvalue weighted by atomic mass is 16.2. The summed E-state index contributed by atoms with van der Waals surface area (Å²) in [5.41, 5.74) is 2.67. The number of anilines is 1. The molecule has 3 aliphatic rings. The Balaban J connectivity index is 1.27. The summed E-state index contributed by atoms with van der Waals surface area (Å²) in [7, 11) is 0. The molecule has 3 amide bonds. The standard InChI is InChI=1S/C28H34N4O3/c33-26(29-14-8-17-30-15-4-1-5-16-30)22-10-6-9-21(19-22)20-32-24-12-3-2-11-23(24)27(34)31-18-7-13-25(31)28(32)35/h2-3,6,9-12,19,25H,1,4-5,7-8,13-18,20H2,(H,29,33)/t25-/m1/s1. The lowest BCUT2D eigenvalue weighted by molar-refractivity contribution is -0.122. The molecule has 2 fully saturated rings. The molecule has 7 heteroatoms. The van der Waals surface area contributed by atoms with E-state index in [9.17, 15) is 14.4 Å². The number of amides is 3. The highest BCUT2D eigenvalue weighted by Crippen LogP contribution is 2.33. The average Bonchev–Trinajstić information content (AvgIpc) is 3.37. The van der Waals surface area contributed by atoms with Crippen molar-refractivity contribution in [3.05, 3.63) is 65.2 Å². The predicted octanol–water partition coefficient (Wildman–Crippen LogP) is 3.44. The van der Waals surface area contributed by atoms with E-state index in [0.717, 1.165) is 24.9 Å². The molecule has 184 valence electrons. The van der Waals surface area contributed by atoms with Gasteiger partial charge >= 0.3 is 0 Å². The maximum Gasteiger partial charge on any atom is 0.256 e. The summed E-state index contributed by atoms with van der Waals surface area (Å²) in [4.78, 5) is 45.3. The molecule has 2 aromatic rings. The number of nitrogens with zero attached hydrogens (tertiary/aromatic N) is 3. The largest absolute Gasteiger partial charge is 0.352 e. The minimum atomic E-state index is -0.415. The molecule has 0 bridgehead atoms. The number of hydrogen-bond acceptors (Lipinski definition) is 4. The second-order valence-electron chi connectivity index (χ2n) is 9.81. The van der Waals surface area contributed by atoms with Gasteiger partial charge in [0.2, 0.25) is 5.91 Å². The van der Waals surface area contributed by atoms with E-state index < -0.39 is 6.04 Å². The van der Waals surface area contributed by atoms with Gasteiger partial charge in [0.05, 0.1) is 17.8 Å². The molecular formula is C28H34N4O3. The molecule has 1 N–H and O–H groups in total. The number of carbonyl (C=O) groups excluding carboxylic acids is 3. The van der Waals surface area contributed by atoms with Crippen molar-refractivity contribution in [2.24, 2.45) is 0 Å². The first kappa shape index (κ1) is 23.5. The normalized spacial score (nSPS) is 20.4. The molecule has 7 nitrogen and oxygen atoms in total. The van der Waals surface area contributed by atoms with Crippen LogP contribution in [0.25, 0.3) is 0 Å². The Morgan fingerprint density at radius 2 is 1.77 bits per heavy atom. The van der Waals surface area contributed by atoms with Crippen molar-refractivity contribution in [2.75, 3.05) is 37.6 Å². The van der Waals surface area contributed by atoms with Crippen LogP contribution in [0.1, 0.15) is 64.8 Å². The number of fused-ring (bicyclic) bond motifs is 2. The van der Waals surface area contributed by atoms with Crippen LogP contribution in [0, 0.1) is 0 Å². The minimum Gasteiger partial charge on any atom is -0.352 e. The summed E-state index contributed by atoms with van der Waals surface area (Å²) in [6.07, 6.45) is 6.34. The van der Waals surface area contributed by atoms with Crippen LogP contribution in [0.4, 0.5) is 5.69 Å². The van der Waals surface area contributed by atoms with E-state index in [4.69, 9.17) is 0 Å². The van der Waals surface area contributed by atoms with E-state index in [0.29, 0.717) is 42.9 Å². The number of carbonyl (C=O) groups is 3. The lowest BCUT2D eigenvalue weighted by atomic mass is 10.1. The van der Waals surface area contributed by atoms with Gasteiger partial charge in [-0.3, -0.25) is 14.4 Å². The van der Waals surface area contributed by atoms with Gasteiger partial charge in [-0.1, -0.05) is 30.7 Å². The number of piperidine rings is 1. The molecule has 5 rings (SSSR count). The van der Waals surface area contributed by atoms with E-state index >= 15 is 0 Å². The van der Waals surface area contributed by atoms with Gasteiger partial charge in [0, 0.05) is 18.7 Å². The van der Waals surface area contributed by atoms with Gasteiger partial charge in [0.1, 0.15) is 6.04 Å². The van der Waals surface area contributed by atoms with Crippen LogP contribution in [0.5, 0.6) is 0 Å². The van der Waals surface area contributed by atoms with Gasteiger partial charge in [-0.2, -0.15) is 0 Å². The summed E-state index contributed by atoms with van der Waals surface area (Å²) in [5.74, 6) is -0.213. The minimum absolute atomic E-state index is 0.0478. The van der Waals surface area contributed by atoms with Crippen LogP contribution in [0.3, 0.4) is 0 Å². The highest BCUT2D eigenvalue weighted by Gasteiger charge is 2.41. The Hall–Kier alpha value is -3.19. The molecule has 0 saturated carbocycles. The summed E-state index contributed by atoms with van der Waals surface area (Å²) >= 11 is 0. The van der Waals surface area contributed by atoms with Crippen molar-refractivity contribution < 1.29 is 14.4 Å². The van der Waals surface area contributed by atoms with Crippen LogP contribution >= 0.6 is 0 Å². The number of benzene rings is 2. The molecule has 2 saturated heterocycles. The quantitative estimate of drug-likeness (QED) is 0.624. The molecule has 3 aliphatic heterocycles. The van der Waals surface area contributed by atoms with Gasteiger partial charge in [-0.05, 0) is 81.6 Å². The first-order valence-electron chi connectivity index (χ1n) is 12.9. The van der Waals surface area contributed by atoms with Crippen molar-refractivity contribution in [2.45, 2.75) is 51.1 Å². The van der Waals surface area contributed by atoms with Crippen LogP contribution < -0.4 is 10.2 Å². The average molecular weight is 475 g/mol. The van der Waals surface area contributed by atoms with E-state index in [1.165, 1.54) is 32.4 Å². The van der Waals surface area contributed by atoms with Crippen molar-refractivity contribution >= 4 is 23.4 Å². The smallest absolute Gasteiger partial charge is 0.256 e. The second kappa shape index (κ2) is 10.6. The Labute approximate surface area is 207 Å². The molecule has 0 spiro atoms. The lowest BCUT2D eigenvalue weighted by Crippen LogP contribution is -2.44. The Bertz CT molecular complexity index is 1100. The number of nitrogens with one attached hydrogen (secondary N) is 1. The van der Waals surface area contributed by atoms with E-state index in [-0.39, 0.29) is 17.7 Å². The van der Waals surface area contributed by atoms with Crippen LogP contribution in [-0.2, 0) is 11.3 Å². The zero-order valence-electron chi connectivity index (χ0n) is 20.2.